The molecule has 0 radical (unpaired) electrons. The van der Waals surface area contributed by atoms with Gasteiger partial charge < -0.3 is 28.1 Å². The lowest BCUT2D eigenvalue weighted by molar-refractivity contribution is -0.0332. The van der Waals surface area contributed by atoms with Crippen molar-refractivity contribution in [2.24, 2.45) is 5.92 Å². The van der Waals surface area contributed by atoms with Crippen LogP contribution >= 0.6 is 0 Å². The molecule has 0 aliphatic rings. The van der Waals surface area contributed by atoms with Crippen LogP contribution in [0.4, 0.5) is 0 Å². The predicted octanol–water partition coefficient (Wildman–Crippen LogP) is 4.85. The van der Waals surface area contributed by atoms with E-state index in [1.807, 2.05) is 57.2 Å². The molecule has 0 amide bonds. The minimum atomic E-state index is -0.362. The Labute approximate surface area is 194 Å². The molecule has 33 heavy (non-hydrogen) atoms. The molecule has 1 heterocycles. The van der Waals surface area contributed by atoms with Gasteiger partial charge in [0.05, 0.1) is 26.9 Å². The molecule has 7 nitrogen and oxygen atoms in total. The maximum Gasteiger partial charge on any atom is 0.239 e. The van der Waals surface area contributed by atoms with Crippen molar-refractivity contribution in [2.75, 3.05) is 35.0 Å². The second-order valence-electron chi connectivity index (χ2n) is 8.07. The minimum Gasteiger partial charge on any atom is -0.497 e. The number of rotatable bonds is 10. The molecule has 1 aromatic heterocycles. The summed E-state index contributed by atoms with van der Waals surface area (Å²) in [5, 5.41) is 0.343. The Bertz CT molecular complexity index is 1130. The summed E-state index contributed by atoms with van der Waals surface area (Å²) in [4.78, 5) is 13.7. The molecule has 0 saturated heterocycles. The minimum absolute atomic E-state index is 0.0614. The van der Waals surface area contributed by atoms with Crippen LogP contribution in [0.2, 0.25) is 0 Å². The number of benzene rings is 2. The van der Waals surface area contributed by atoms with E-state index < -0.39 is 0 Å². The summed E-state index contributed by atoms with van der Waals surface area (Å²) >= 11 is 0. The van der Waals surface area contributed by atoms with Crippen molar-refractivity contribution in [1.29, 1.82) is 0 Å². The Morgan fingerprint density at radius 3 is 2.24 bits per heavy atom. The highest BCUT2D eigenvalue weighted by atomic mass is 16.5. The predicted molar refractivity (Wildman–Crippen MR) is 128 cm³/mol. The summed E-state index contributed by atoms with van der Waals surface area (Å²) in [5.41, 5.74) is 1.76. The van der Waals surface area contributed by atoms with Gasteiger partial charge in [0, 0.05) is 25.7 Å². The van der Waals surface area contributed by atoms with Crippen LogP contribution < -0.4 is 19.6 Å². The zero-order valence-electron chi connectivity index (χ0n) is 20.3. The SMILES string of the molecule is COCC(OC)C(C)[C@@H](C)Oc1c(-c2ccc(OC)cc2)oc2cc(C)cc(OC)c2c1=O. The second-order valence-corrected chi connectivity index (χ2v) is 8.07. The van der Waals surface area contributed by atoms with Gasteiger partial charge >= 0.3 is 0 Å². The van der Waals surface area contributed by atoms with Gasteiger partial charge in [-0.05, 0) is 55.8 Å². The van der Waals surface area contributed by atoms with Crippen LogP contribution in [0.1, 0.15) is 19.4 Å². The van der Waals surface area contributed by atoms with Gasteiger partial charge in [-0.15, -0.1) is 0 Å². The Morgan fingerprint density at radius 1 is 0.970 bits per heavy atom. The zero-order valence-corrected chi connectivity index (χ0v) is 20.3. The molecular weight excluding hydrogens is 424 g/mol. The molecule has 0 N–H and O–H groups in total. The van der Waals surface area contributed by atoms with Gasteiger partial charge in [0.15, 0.2) is 5.76 Å². The number of aryl methyl sites for hydroxylation is 1. The molecule has 3 atom stereocenters. The standard InChI is InChI=1S/C26H32O7/c1-15-12-20(30-6)23-21(13-15)33-25(18-8-10-19(29-5)11-9-18)26(24(23)27)32-17(3)16(2)22(31-7)14-28-4/h8-13,16-17,22H,14H2,1-7H3/t16?,17-,22?/m1/s1. The molecule has 0 aliphatic carbocycles. The van der Waals surface area contributed by atoms with Crippen molar-refractivity contribution in [1.82, 2.24) is 0 Å². The van der Waals surface area contributed by atoms with Crippen molar-refractivity contribution >= 4 is 11.0 Å². The third-order valence-electron chi connectivity index (χ3n) is 5.90. The van der Waals surface area contributed by atoms with E-state index in [2.05, 4.69) is 0 Å². The summed E-state index contributed by atoms with van der Waals surface area (Å²) in [7, 11) is 6.39. The van der Waals surface area contributed by atoms with Crippen LogP contribution in [0.3, 0.4) is 0 Å². The van der Waals surface area contributed by atoms with Crippen molar-refractivity contribution in [3.63, 3.8) is 0 Å². The molecule has 3 aromatic rings. The average molecular weight is 457 g/mol. The van der Waals surface area contributed by atoms with Gasteiger partial charge in [-0.3, -0.25) is 4.79 Å². The maximum absolute atomic E-state index is 13.7. The number of ether oxygens (including phenoxy) is 5. The Kier molecular flexibility index (Phi) is 8.00. The lowest BCUT2D eigenvalue weighted by Crippen LogP contribution is -2.36. The smallest absolute Gasteiger partial charge is 0.239 e. The number of methoxy groups -OCH3 is 4. The van der Waals surface area contributed by atoms with E-state index in [1.54, 1.807) is 21.3 Å². The Hall–Kier alpha value is -3.03. The number of hydrogen-bond donors (Lipinski definition) is 0. The molecular formula is C26H32O7. The Morgan fingerprint density at radius 2 is 1.67 bits per heavy atom. The summed E-state index contributed by atoms with van der Waals surface area (Å²) in [6.45, 7) is 6.23. The molecule has 0 spiro atoms. The summed E-state index contributed by atoms with van der Waals surface area (Å²) in [6, 6.07) is 10.9. The lowest BCUT2D eigenvalue weighted by Gasteiger charge is -2.28. The number of hydrogen-bond acceptors (Lipinski definition) is 7. The third-order valence-corrected chi connectivity index (χ3v) is 5.90. The van der Waals surface area contributed by atoms with Crippen LogP contribution in [-0.2, 0) is 9.47 Å². The molecule has 0 aliphatic heterocycles. The summed E-state index contributed by atoms with van der Waals surface area (Å²) in [5.74, 6) is 1.56. The van der Waals surface area contributed by atoms with E-state index in [-0.39, 0.29) is 29.3 Å². The van der Waals surface area contributed by atoms with Crippen LogP contribution in [0.15, 0.2) is 45.6 Å². The van der Waals surface area contributed by atoms with Crippen molar-refractivity contribution in [3.8, 4) is 28.6 Å². The molecule has 3 rings (SSSR count). The highest BCUT2D eigenvalue weighted by Gasteiger charge is 2.28. The fourth-order valence-electron chi connectivity index (χ4n) is 3.79. The molecule has 0 bridgehead atoms. The van der Waals surface area contributed by atoms with Gasteiger partial charge in [-0.25, -0.2) is 0 Å². The maximum atomic E-state index is 13.7. The normalized spacial score (nSPS) is 14.0. The molecule has 2 aromatic carbocycles. The van der Waals surface area contributed by atoms with E-state index in [4.69, 9.17) is 28.1 Å². The van der Waals surface area contributed by atoms with E-state index >= 15 is 0 Å². The van der Waals surface area contributed by atoms with Crippen LogP contribution in [-0.4, -0.2) is 47.3 Å². The van der Waals surface area contributed by atoms with Gasteiger partial charge in [0.25, 0.3) is 0 Å². The van der Waals surface area contributed by atoms with Gasteiger partial charge in [-0.2, -0.15) is 0 Å². The quantitative estimate of drug-likeness (QED) is 0.432. The summed E-state index contributed by atoms with van der Waals surface area (Å²) < 4.78 is 34.1. The topological polar surface area (TPSA) is 76.4 Å². The molecule has 0 fully saturated rings. The van der Waals surface area contributed by atoms with E-state index in [0.29, 0.717) is 40.4 Å². The molecule has 178 valence electrons. The lowest BCUT2D eigenvalue weighted by atomic mass is 9.99. The van der Waals surface area contributed by atoms with Gasteiger partial charge in [0.1, 0.15) is 28.6 Å². The van der Waals surface area contributed by atoms with E-state index in [9.17, 15) is 4.79 Å². The highest BCUT2D eigenvalue weighted by Crippen LogP contribution is 2.36. The van der Waals surface area contributed by atoms with Crippen LogP contribution in [0.5, 0.6) is 17.2 Å². The molecule has 0 saturated carbocycles. The third kappa shape index (κ3) is 5.15. The highest BCUT2D eigenvalue weighted by molar-refractivity contribution is 5.88. The molecule has 2 unspecified atom stereocenters. The van der Waals surface area contributed by atoms with Crippen LogP contribution in [0.25, 0.3) is 22.3 Å². The fraction of sp³-hybridized carbons (Fsp3) is 0.423. The largest absolute Gasteiger partial charge is 0.497 e. The average Bonchev–Trinajstić information content (AvgIpc) is 2.82. The first-order valence-electron chi connectivity index (χ1n) is 10.8. The van der Waals surface area contributed by atoms with E-state index in [0.717, 1.165) is 5.56 Å². The van der Waals surface area contributed by atoms with Crippen molar-refractivity contribution in [3.05, 3.63) is 52.2 Å². The van der Waals surface area contributed by atoms with Crippen molar-refractivity contribution in [2.45, 2.75) is 33.0 Å². The monoisotopic (exact) mass is 456 g/mol. The van der Waals surface area contributed by atoms with Gasteiger partial charge in [0.2, 0.25) is 11.2 Å². The first-order valence-corrected chi connectivity index (χ1v) is 10.8. The summed E-state index contributed by atoms with van der Waals surface area (Å²) in [6.07, 6.45) is -0.557. The second kappa shape index (κ2) is 10.7. The van der Waals surface area contributed by atoms with Crippen LogP contribution in [0, 0.1) is 12.8 Å². The van der Waals surface area contributed by atoms with E-state index in [1.165, 1.54) is 7.11 Å². The first-order chi connectivity index (χ1) is 15.8. The molecule has 7 heteroatoms. The van der Waals surface area contributed by atoms with Crippen molar-refractivity contribution < 1.29 is 28.1 Å². The van der Waals surface area contributed by atoms with Gasteiger partial charge in [-0.1, -0.05) is 6.92 Å². The number of fused-ring (bicyclic) bond motifs is 1. The Balaban J connectivity index is 2.18. The zero-order chi connectivity index (χ0) is 24.1. The first kappa shape index (κ1) is 24.6. The fourth-order valence-corrected chi connectivity index (χ4v) is 3.79.